The number of nitrogens with zero attached hydrogens (tertiary/aromatic N) is 4. The summed E-state index contributed by atoms with van der Waals surface area (Å²) in [5, 5.41) is 12.0. The van der Waals surface area contributed by atoms with Crippen LogP contribution in [0.4, 0.5) is 11.4 Å². The second-order valence-electron chi connectivity index (χ2n) is 7.82. The first kappa shape index (κ1) is 19.8. The number of imide groups is 1. The highest BCUT2D eigenvalue weighted by atomic mass is 16.2. The van der Waals surface area contributed by atoms with E-state index in [1.807, 2.05) is 52.0 Å². The Hall–Kier alpha value is -3.55. The lowest BCUT2D eigenvalue weighted by Crippen LogP contribution is -2.43. The zero-order valence-electron chi connectivity index (χ0n) is 17.3. The highest BCUT2D eigenvalue weighted by molar-refractivity contribution is 6.25. The average Bonchev–Trinajstić information content (AvgIpc) is 3.21. The van der Waals surface area contributed by atoms with E-state index in [0.29, 0.717) is 11.4 Å². The van der Waals surface area contributed by atoms with Crippen LogP contribution in [-0.2, 0) is 14.4 Å². The summed E-state index contributed by atoms with van der Waals surface area (Å²) in [5.74, 6) is -1.17. The van der Waals surface area contributed by atoms with E-state index in [-0.39, 0.29) is 12.5 Å². The number of rotatable bonds is 4. The molecule has 30 heavy (non-hydrogen) atoms. The Morgan fingerprint density at radius 3 is 2.27 bits per heavy atom. The minimum absolute atomic E-state index is 0.169. The zero-order valence-corrected chi connectivity index (χ0v) is 17.3. The monoisotopic (exact) mass is 405 g/mol. The van der Waals surface area contributed by atoms with Crippen LogP contribution < -0.4 is 10.2 Å². The van der Waals surface area contributed by atoms with Gasteiger partial charge in [0.1, 0.15) is 6.54 Å². The summed E-state index contributed by atoms with van der Waals surface area (Å²) in [5.41, 5.74) is 5.43. The van der Waals surface area contributed by atoms with Crippen molar-refractivity contribution in [1.82, 2.24) is 5.01 Å². The van der Waals surface area contributed by atoms with Crippen LogP contribution in [0, 0.1) is 27.7 Å². The first-order chi connectivity index (χ1) is 14.3. The van der Waals surface area contributed by atoms with E-state index in [9.17, 15) is 14.4 Å². The zero-order chi connectivity index (χ0) is 21.6. The Morgan fingerprint density at radius 2 is 1.60 bits per heavy atom. The predicted molar refractivity (Wildman–Crippen MR) is 112 cm³/mol. The molecule has 2 heterocycles. The van der Waals surface area contributed by atoms with Crippen LogP contribution in [0.1, 0.15) is 22.3 Å². The largest absolute Gasteiger partial charge is 0.324 e. The molecule has 1 saturated heterocycles. The van der Waals surface area contributed by atoms with Gasteiger partial charge < -0.3 is 5.32 Å². The number of amides is 3. The Balaban J connectivity index is 1.49. The molecule has 0 aliphatic carbocycles. The molecule has 3 amide bonds. The van der Waals surface area contributed by atoms with Crippen molar-refractivity contribution < 1.29 is 14.4 Å². The van der Waals surface area contributed by atoms with Crippen molar-refractivity contribution in [2.75, 3.05) is 16.8 Å². The molecule has 0 saturated carbocycles. The van der Waals surface area contributed by atoms with Crippen LogP contribution in [0.2, 0.25) is 0 Å². The van der Waals surface area contributed by atoms with Gasteiger partial charge in [0.25, 0.3) is 11.8 Å². The number of benzene rings is 2. The lowest BCUT2D eigenvalue weighted by molar-refractivity contribution is -0.123. The van der Waals surface area contributed by atoms with E-state index in [2.05, 4.69) is 15.7 Å². The summed E-state index contributed by atoms with van der Waals surface area (Å²) in [7, 11) is 0. The highest BCUT2D eigenvalue weighted by Gasteiger charge is 2.55. The smallest absolute Gasteiger partial charge is 0.263 e. The standard InChI is InChI=1S/C22H23N5O3/c1-12-5-7-16(9-14(12)3)23-18(28)11-26-20-19(24-25-26)21(29)27(22(20)30)17-8-6-13(2)15(4)10-17/h5-10,19-20H,11H2,1-4H3,(H,23,28)/t19-,20-/m0/s1. The Bertz CT molecular complexity index is 1090. The van der Waals surface area contributed by atoms with Crippen molar-refractivity contribution in [1.29, 1.82) is 0 Å². The summed E-state index contributed by atoms with van der Waals surface area (Å²) in [6.45, 7) is 7.68. The van der Waals surface area contributed by atoms with Gasteiger partial charge >= 0.3 is 0 Å². The van der Waals surface area contributed by atoms with E-state index in [0.717, 1.165) is 27.2 Å². The van der Waals surface area contributed by atoms with Crippen molar-refractivity contribution in [3.63, 3.8) is 0 Å². The highest BCUT2D eigenvalue weighted by Crippen LogP contribution is 2.32. The molecule has 4 rings (SSSR count). The van der Waals surface area contributed by atoms with Gasteiger partial charge in [-0.25, -0.2) is 4.90 Å². The number of anilines is 2. The number of hydrogen-bond donors (Lipinski definition) is 1. The van der Waals surface area contributed by atoms with Crippen molar-refractivity contribution in [3.8, 4) is 0 Å². The van der Waals surface area contributed by atoms with Crippen LogP contribution in [0.5, 0.6) is 0 Å². The minimum Gasteiger partial charge on any atom is -0.324 e. The van der Waals surface area contributed by atoms with Crippen LogP contribution >= 0.6 is 0 Å². The number of carbonyl (C=O) groups excluding carboxylic acids is 3. The van der Waals surface area contributed by atoms with Gasteiger partial charge in [0, 0.05) is 5.69 Å². The molecule has 2 atom stereocenters. The van der Waals surface area contributed by atoms with Crippen molar-refractivity contribution in [2.45, 2.75) is 39.8 Å². The molecular weight excluding hydrogens is 382 g/mol. The molecule has 154 valence electrons. The summed E-state index contributed by atoms with van der Waals surface area (Å²) in [6.07, 6.45) is 0. The van der Waals surface area contributed by atoms with Crippen LogP contribution in [0.3, 0.4) is 0 Å². The fraction of sp³-hybridized carbons (Fsp3) is 0.318. The molecule has 8 nitrogen and oxygen atoms in total. The minimum atomic E-state index is -0.923. The van der Waals surface area contributed by atoms with Crippen molar-refractivity contribution in [2.24, 2.45) is 10.3 Å². The fourth-order valence-electron chi connectivity index (χ4n) is 3.64. The van der Waals surface area contributed by atoms with Gasteiger partial charge in [0.15, 0.2) is 12.1 Å². The molecule has 0 spiro atoms. The fourth-order valence-corrected chi connectivity index (χ4v) is 3.64. The quantitative estimate of drug-likeness (QED) is 0.792. The first-order valence-electron chi connectivity index (χ1n) is 9.76. The summed E-state index contributed by atoms with van der Waals surface area (Å²) in [4.78, 5) is 39.5. The summed E-state index contributed by atoms with van der Waals surface area (Å²) < 4.78 is 0. The molecule has 2 aliphatic heterocycles. The SMILES string of the molecule is Cc1ccc(NC(=O)CN2N=N[C@@H]3C(=O)N(c4ccc(C)c(C)c4)C(=O)[C@H]32)cc1C. The maximum absolute atomic E-state index is 13.0. The number of nitrogens with one attached hydrogen (secondary N) is 1. The third-order valence-corrected chi connectivity index (χ3v) is 5.70. The van der Waals surface area contributed by atoms with Gasteiger partial charge in [-0.3, -0.25) is 19.4 Å². The lowest BCUT2D eigenvalue weighted by Gasteiger charge is -2.20. The summed E-state index contributed by atoms with van der Waals surface area (Å²) in [6, 6.07) is 9.23. The number of carbonyl (C=O) groups is 3. The van der Waals surface area contributed by atoms with Gasteiger partial charge in [-0.1, -0.05) is 17.4 Å². The Labute approximate surface area is 174 Å². The maximum Gasteiger partial charge on any atom is 0.263 e. The van der Waals surface area contributed by atoms with Gasteiger partial charge in [0.05, 0.1) is 5.69 Å². The van der Waals surface area contributed by atoms with E-state index in [4.69, 9.17) is 0 Å². The van der Waals surface area contributed by atoms with Crippen molar-refractivity contribution >= 4 is 29.1 Å². The molecule has 2 aromatic rings. The van der Waals surface area contributed by atoms with Gasteiger partial charge in [-0.05, 0) is 74.2 Å². The Morgan fingerprint density at radius 1 is 0.933 bits per heavy atom. The van der Waals surface area contributed by atoms with Crippen LogP contribution in [-0.4, -0.2) is 41.4 Å². The van der Waals surface area contributed by atoms with Crippen molar-refractivity contribution in [3.05, 3.63) is 58.7 Å². The molecule has 2 aliphatic rings. The van der Waals surface area contributed by atoms with Gasteiger partial charge in [0.2, 0.25) is 5.91 Å². The number of aryl methyl sites for hydroxylation is 4. The molecule has 0 aromatic heterocycles. The lowest BCUT2D eigenvalue weighted by atomic mass is 10.1. The third kappa shape index (κ3) is 3.34. The van der Waals surface area contributed by atoms with E-state index >= 15 is 0 Å². The molecule has 0 bridgehead atoms. The van der Waals surface area contributed by atoms with Gasteiger partial charge in [-0.2, -0.15) is 5.11 Å². The van der Waals surface area contributed by atoms with Crippen LogP contribution in [0.15, 0.2) is 46.7 Å². The maximum atomic E-state index is 13.0. The first-order valence-corrected chi connectivity index (χ1v) is 9.76. The number of hydrogen-bond acceptors (Lipinski definition) is 6. The predicted octanol–water partition coefficient (Wildman–Crippen LogP) is 2.85. The topological polar surface area (TPSA) is 94.4 Å². The van der Waals surface area contributed by atoms with Gasteiger partial charge in [-0.15, -0.1) is 0 Å². The van der Waals surface area contributed by atoms with Crippen LogP contribution in [0.25, 0.3) is 0 Å². The van der Waals surface area contributed by atoms with E-state index in [1.54, 1.807) is 12.1 Å². The normalized spacial score (nSPS) is 20.1. The molecule has 0 radical (unpaired) electrons. The third-order valence-electron chi connectivity index (χ3n) is 5.70. The van der Waals surface area contributed by atoms with E-state index < -0.39 is 23.9 Å². The molecule has 2 aromatic carbocycles. The average molecular weight is 405 g/mol. The molecular formula is C22H23N5O3. The Kier molecular flexibility index (Phi) is 4.85. The molecule has 1 N–H and O–H groups in total. The molecule has 1 fully saturated rings. The second kappa shape index (κ2) is 7.37. The summed E-state index contributed by atoms with van der Waals surface area (Å²) >= 11 is 0. The molecule has 0 unspecified atom stereocenters. The second-order valence-corrected chi connectivity index (χ2v) is 7.82. The molecule has 8 heteroatoms. The number of fused-ring (bicyclic) bond motifs is 1. The van der Waals surface area contributed by atoms with E-state index in [1.165, 1.54) is 5.01 Å².